The molecule has 1 N–H and O–H groups in total. The van der Waals surface area contributed by atoms with Crippen molar-refractivity contribution in [2.45, 2.75) is 24.3 Å². The summed E-state index contributed by atoms with van der Waals surface area (Å²) in [6, 6.07) is 12.3. The fraction of sp³-hybridized carbons (Fsp3) is 0.435. The van der Waals surface area contributed by atoms with Crippen molar-refractivity contribution in [1.29, 1.82) is 0 Å². The van der Waals surface area contributed by atoms with Crippen molar-refractivity contribution in [1.82, 2.24) is 9.80 Å². The Labute approximate surface area is 189 Å². The van der Waals surface area contributed by atoms with Gasteiger partial charge in [-0.1, -0.05) is 12.1 Å². The van der Waals surface area contributed by atoms with Crippen LogP contribution in [0.2, 0.25) is 0 Å². The molecule has 2 aliphatic rings. The van der Waals surface area contributed by atoms with Gasteiger partial charge in [0.05, 0.1) is 7.11 Å². The number of anilines is 2. The zero-order chi connectivity index (χ0) is 22.7. The third-order valence-electron chi connectivity index (χ3n) is 6.03. The molecule has 0 bridgehead atoms. The van der Waals surface area contributed by atoms with Crippen molar-refractivity contribution in [3.63, 3.8) is 0 Å². The second-order valence-corrected chi connectivity index (χ2v) is 10.0. The minimum Gasteiger partial charge on any atom is -0.495 e. The first-order valence-corrected chi connectivity index (χ1v) is 12.3. The number of likely N-dealkylation sites (N-methyl/N-ethyl adjacent to an activating group) is 1. The highest BCUT2D eigenvalue weighted by Crippen LogP contribution is 2.32. The van der Waals surface area contributed by atoms with Gasteiger partial charge in [-0.3, -0.25) is 14.4 Å². The number of sulfonamides is 1. The Balaban J connectivity index is 1.49. The van der Waals surface area contributed by atoms with Gasteiger partial charge in [-0.05, 0) is 49.4 Å². The molecule has 8 nitrogen and oxygen atoms in total. The molecule has 0 atom stereocenters. The highest BCUT2D eigenvalue weighted by Gasteiger charge is 2.26. The molecule has 0 spiro atoms. The maximum atomic E-state index is 13.2. The summed E-state index contributed by atoms with van der Waals surface area (Å²) in [5.41, 5.74) is 2.19. The molecule has 0 aromatic heterocycles. The minimum absolute atomic E-state index is 0.00223. The lowest BCUT2D eigenvalue weighted by Gasteiger charge is -2.32. The summed E-state index contributed by atoms with van der Waals surface area (Å²) in [7, 11) is -0.337. The van der Waals surface area contributed by atoms with Crippen molar-refractivity contribution in [3.8, 4) is 5.75 Å². The third kappa shape index (κ3) is 5.06. The number of nitrogens with zero attached hydrogens (tertiary/aromatic N) is 3. The van der Waals surface area contributed by atoms with Crippen LogP contribution in [0.25, 0.3) is 0 Å². The van der Waals surface area contributed by atoms with Crippen LogP contribution >= 0.6 is 0 Å². The van der Waals surface area contributed by atoms with Crippen LogP contribution in [0, 0.1) is 0 Å². The van der Waals surface area contributed by atoms with Crippen molar-refractivity contribution in [3.05, 3.63) is 48.0 Å². The van der Waals surface area contributed by atoms with Gasteiger partial charge in [0.2, 0.25) is 5.91 Å². The normalized spacial score (nSPS) is 18.2. The molecule has 1 amide bonds. The number of hydrogen-bond acceptors (Lipinski definition) is 6. The van der Waals surface area contributed by atoms with E-state index in [9.17, 15) is 13.2 Å². The van der Waals surface area contributed by atoms with E-state index in [1.54, 1.807) is 29.2 Å². The summed E-state index contributed by atoms with van der Waals surface area (Å²) in [5.74, 6) is 0.238. The van der Waals surface area contributed by atoms with Gasteiger partial charge < -0.3 is 14.5 Å². The molecular weight excluding hydrogens is 428 g/mol. The second-order valence-electron chi connectivity index (χ2n) is 8.37. The van der Waals surface area contributed by atoms with E-state index < -0.39 is 10.0 Å². The summed E-state index contributed by atoms with van der Waals surface area (Å²) >= 11 is 0. The highest BCUT2D eigenvalue weighted by atomic mass is 32.2. The number of rotatable bonds is 7. The standard InChI is InChI=1S/C23H30N4O4S/c1-25-12-14-26(15-13-25)17-18-5-7-19(8-6-18)24-32(29,30)22-16-20(9-10-21(22)31-2)27-11-3-4-23(27)28/h5-10,16,24H,3-4,11-15,17H2,1-2H3. The van der Waals surface area contributed by atoms with Crippen LogP contribution < -0.4 is 14.4 Å². The van der Waals surface area contributed by atoms with Crippen LogP contribution in [-0.4, -0.2) is 71.0 Å². The molecule has 2 aliphatic heterocycles. The van der Waals surface area contributed by atoms with Crippen LogP contribution in [0.4, 0.5) is 11.4 Å². The van der Waals surface area contributed by atoms with Gasteiger partial charge in [0.1, 0.15) is 10.6 Å². The van der Waals surface area contributed by atoms with Gasteiger partial charge in [-0.2, -0.15) is 0 Å². The quantitative estimate of drug-likeness (QED) is 0.686. The summed E-state index contributed by atoms with van der Waals surface area (Å²) in [4.78, 5) is 18.4. The summed E-state index contributed by atoms with van der Waals surface area (Å²) in [6.45, 7) is 5.61. The zero-order valence-electron chi connectivity index (χ0n) is 18.6. The zero-order valence-corrected chi connectivity index (χ0v) is 19.4. The summed E-state index contributed by atoms with van der Waals surface area (Å²) in [6.07, 6.45) is 1.25. The summed E-state index contributed by atoms with van der Waals surface area (Å²) in [5, 5.41) is 0. The first-order valence-electron chi connectivity index (χ1n) is 10.9. The number of carbonyl (C=O) groups is 1. The van der Waals surface area contributed by atoms with Crippen LogP contribution in [0.1, 0.15) is 18.4 Å². The molecule has 9 heteroatoms. The van der Waals surface area contributed by atoms with Gasteiger partial charge in [0, 0.05) is 57.1 Å². The molecule has 0 unspecified atom stereocenters. The van der Waals surface area contributed by atoms with E-state index in [1.807, 2.05) is 12.1 Å². The molecule has 2 aromatic rings. The lowest BCUT2D eigenvalue weighted by atomic mass is 10.2. The Morgan fingerprint density at radius 3 is 2.34 bits per heavy atom. The van der Waals surface area contributed by atoms with E-state index in [0.29, 0.717) is 24.3 Å². The Kier molecular flexibility index (Phi) is 6.68. The number of carbonyl (C=O) groups excluding carboxylic acids is 1. The van der Waals surface area contributed by atoms with Gasteiger partial charge >= 0.3 is 0 Å². The van der Waals surface area contributed by atoms with E-state index in [0.717, 1.165) is 44.7 Å². The van der Waals surface area contributed by atoms with Crippen LogP contribution in [-0.2, 0) is 21.4 Å². The Morgan fingerprint density at radius 1 is 1.00 bits per heavy atom. The number of amides is 1. The van der Waals surface area contributed by atoms with Crippen LogP contribution in [0.3, 0.4) is 0 Å². The molecule has 2 heterocycles. The Morgan fingerprint density at radius 2 is 1.72 bits per heavy atom. The van der Waals surface area contributed by atoms with Crippen molar-refractivity contribution in [2.75, 3.05) is 56.5 Å². The van der Waals surface area contributed by atoms with Gasteiger partial charge in [0.25, 0.3) is 10.0 Å². The molecule has 32 heavy (non-hydrogen) atoms. The Bertz CT molecular complexity index is 1060. The first kappa shape index (κ1) is 22.6. The van der Waals surface area contributed by atoms with Gasteiger partial charge in [-0.25, -0.2) is 8.42 Å². The number of benzene rings is 2. The largest absolute Gasteiger partial charge is 0.495 e. The first-order chi connectivity index (χ1) is 15.4. The van der Waals surface area contributed by atoms with E-state index in [4.69, 9.17) is 4.74 Å². The number of methoxy groups -OCH3 is 1. The fourth-order valence-corrected chi connectivity index (χ4v) is 5.37. The molecule has 2 fully saturated rings. The number of piperazine rings is 1. The minimum atomic E-state index is -3.90. The van der Waals surface area contributed by atoms with E-state index >= 15 is 0 Å². The predicted molar refractivity (Wildman–Crippen MR) is 125 cm³/mol. The number of hydrogen-bond donors (Lipinski definition) is 1. The lowest BCUT2D eigenvalue weighted by Crippen LogP contribution is -2.43. The smallest absolute Gasteiger partial charge is 0.265 e. The molecule has 0 radical (unpaired) electrons. The molecule has 2 saturated heterocycles. The predicted octanol–water partition coefficient (Wildman–Crippen LogP) is 2.37. The molecule has 4 rings (SSSR count). The van der Waals surface area contributed by atoms with E-state index in [2.05, 4.69) is 21.6 Å². The summed E-state index contributed by atoms with van der Waals surface area (Å²) < 4.78 is 34.2. The third-order valence-corrected chi connectivity index (χ3v) is 7.43. The van der Waals surface area contributed by atoms with E-state index in [1.165, 1.54) is 13.2 Å². The van der Waals surface area contributed by atoms with Crippen molar-refractivity contribution < 1.29 is 17.9 Å². The van der Waals surface area contributed by atoms with Gasteiger partial charge in [-0.15, -0.1) is 0 Å². The van der Waals surface area contributed by atoms with Crippen molar-refractivity contribution in [2.24, 2.45) is 0 Å². The monoisotopic (exact) mass is 458 g/mol. The van der Waals surface area contributed by atoms with Crippen LogP contribution in [0.5, 0.6) is 5.75 Å². The van der Waals surface area contributed by atoms with Crippen LogP contribution in [0.15, 0.2) is 47.4 Å². The fourth-order valence-electron chi connectivity index (χ4n) is 4.12. The highest BCUT2D eigenvalue weighted by molar-refractivity contribution is 7.92. The average molecular weight is 459 g/mol. The maximum Gasteiger partial charge on any atom is 0.265 e. The second kappa shape index (κ2) is 9.48. The molecule has 0 aliphatic carbocycles. The van der Waals surface area contributed by atoms with E-state index in [-0.39, 0.29) is 16.6 Å². The molecular formula is C23H30N4O4S. The number of ether oxygens (including phenoxy) is 1. The lowest BCUT2D eigenvalue weighted by molar-refractivity contribution is -0.117. The topological polar surface area (TPSA) is 82.2 Å². The van der Waals surface area contributed by atoms with Gasteiger partial charge in [0.15, 0.2) is 0 Å². The Hall–Kier alpha value is -2.62. The molecule has 0 saturated carbocycles. The maximum absolute atomic E-state index is 13.2. The molecule has 2 aromatic carbocycles. The van der Waals surface area contributed by atoms with Crippen molar-refractivity contribution >= 4 is 27.3 Å². The SMILES string of the molecule is COc1ccc(N2CCCC2=O)cc1S(=O)(=O)Nc1ccc(CN2CCN(C)CC2)cc1. The average Bonchev–Trinajstić information content (AvgIpc) is 3.22. The molecule has 172 valence electrons. The number of nitrogens with one attached hydrogen (secondary N) is 1.